The standard InChI is InChI=1S/C9H10N2O3S/c1-2-7-3-5-8(6-4-7)15(13,14)11-9(10)12/h2-6H,1H2,(H3,10,11,12). The second-order valence-electron chi connectivity index (χ2n) is 2.74. The van der Waals surface area contributed by atoms with Gasteiger partial charge >= 0.3 is 6.03 Å². The van der Waals surface area contributed by atoms with Crippen LogP contribution in [0, 0.1) is 0 Å². The summed E-state index contributed by atoms with van der Waals surface area (Å²) >= 11 is 0. The van der Waals surface area contributed by atoms with Gasteiger partial charge in [-0.15, -0.1) is 0 Å². The Labute approximate surface area is 87.6 Å². The Bertz CT molecular complexity index is 477. The third-order valence-electron chi connectivity index (χ3n) is 1.66. The fraction of sp³-hybridized carbons (Fsp3) is 0. The number of amides is 2. The van der Waals surface area contributed by atoms with Crippen molar-refractivity contribution in [3.63, 3.8) is 0 Å². The van der Waals surface area contributed by atoms with E-state index in [2.05, 4.69) is 6.58 Å². The zero-order valence-corrected chi connectivity index (χ0v) is 8.62. The van der Waals surface area contributed by atoms with Crippen LogP contribution >= 0.6 is 0 Å². The van der Waals surface area contributed by atoms with Gasteiger partial charge in [0.2, 0.25) is 0 Å². The summed E-state index contributed by atoms with van der Waals surface area (Å²) in [5, 5.41) is 0. The van der Waals surface area contributed by atoms with Crippen molar-refractivity contribution in [1.82, 2.24) is 4.72 Å². The maximum Gasteiger partial charge on any atom is 0.326 e. The molecule has 2 amide bonds. The molecule has 1 rings (SSSR count). The minimum atomic E-state index is -3.84. The van der Waals surface area contributed by atoms with Gasteiger partial charge in [-0.3, -0.25) is 0 Å². The molecule has 0 radical (unpaired) electrons. The summed E-state index contributed by atoms with van der Waals surface area (Å²) in [5.41, 5.74) is 5.51. The normalized spacial score (nSPS) is 10.7. The maximum atomic E-state index is 11.4. The van der Waals surface area contributed by atoms with Gasteiger partial charge in [-0.25, -0.2) is 17.9 Å². The van der Waals surface area contributed by atoms with E-state index in [9.17, 15) is 13.2 Å². The summed E-state index contributed by atoms with van der Waals surface area (Å²) in [7, 11) is -3.84. The van der Waals surface area contributed by atoms with E-state index in [4.69, 9.17) is 5.73 Å². The molecule has 0 spiro atoms. The smallest absolute Gasteiger partial charge is 0.326 e. The quantitative estimate of drug-likeness (QED) is 0.794. The van der Waals surface area contributed by atoms with E-state index in [1.54, 1.807) is 22.9 Å². The first-order valence-corrected chi connectivity index (χ1v) is 5.49. The largest absolute Gasteiger partial charge is 0.351 e. The monoisotopic (exact) mass is 226 g/mol. The summed E-state index contributed by atoms with van der Waals surface area (Å²) < 4.78 is 24.5. The highest BCUT2D eigenvalue weighted by atomic mass is 32.2. The maximum absolute atomic E-state index is 11.4. The van der Waals surface area contributed by atoms with Crippen molar-refractivity contribution in [2.24, 2.45) is 5.73 Å². The van der Waals surface area contributed by atoms with Crippen LogP contribution in [0.3, 0.4) is 0 Å². The van der Waals surface area contributed by atoms with E-state index in [-0.39, 0.29) is 4.90 Å². The first-order chi connectivity index (χ1) is 6.95. The molecule has 0 saturated carbocycles. The average molecular weight is 226 g/mol. The van der Waals surface area contributed by atoms with Crippen LogP contribution in [0.1, 0.15) is 5.56 Å². The number of benzene rings is 1. The minimum Gasteiger partial charge on any atom is -0.351 e. The van der Waals surface area contributed by atoms with Crippen LogP contribution in [0.15, 0.2) is 35.7 Å². The van der Waals surface area contributed by atoms with Crippen LogP contribution < -0.4 is 10.5 Å². The molecule has 15 heavy (non-hydrogen) atoms. The third kappa shape index (κ3) is 2.81. The van der Waals surface area contributed by atoms with Crippen molar-refractivity contribution in [2.75, 3.05) is 0 Å². The van der Waals surface area contributed by atoms with E-state index in [0.29, 0.717) is 0 Å². The lowest BCUT2D eigenvalue weighted by atomic mass is 10.2. The number of nitrogens with one attached hydrogen (secondary N) is 1. The molecule has 5 nitrogen and oxygen atoms in total. The van der Waals surface area contributed by atoms with E-state index >= 15 is 0 Å². The highest BCUT2D eigenvalue weighted by molar-refractivity contribution is 7.90. The summed E-state index contributed by atoms with van der Waals surface area (Å²) in [6.45, 7) is 3.53. The first-order valence-electron chi connectivity index (χ1n) is 4.00. The Balaban J connectivity index is 3.06. The average Bonchev–Trinajstić information content (AvgIpc) is 2.16. The highest BCUT2D eigenvalue weighted by Crippen LogP contribution is 2.10. The number of hydrogen-bond donors (Lipinski definition) is 2. The molecule has 1 aromatic carbocycles. The van der Waals surface area contributed by atoms with Crippen LogP contribution in [0.5, 0.6) is 0 Å². The molecule has 0 aromatic heterocycles. The zero-order chi connectivity index (χ0) is 11.5. The van der Waals surface area contributed by atoms with E-state index in [1.165, 1.54) is 12.1 Å². The lowest BCUT2D eigenvalue weighted by Crippen LogP contribution is -2.34. The van der Waals surface area contributed by atoms with Crippen LogP contribution in [0.2, 0.25) is 0 Å². The molecule has 0 fully saturated rings. The number of carbonyl (C=O) groups is 1. The summed E-state index contributed by atoms with van der Waals surface area (Å²) in [5.74, 6) is 0. The second-order valence-corrected chi connectivity index (χ2v) is 4.43. The summed E-state index contributed by atoms with van der Waals surface area (Å²) in [6, 6.07) is 4.76. The van der Waals surface area contributed by atoms with Gasteiger partial charge in [0.15, 0.2) is 0 Å². The molecule has 80 valence electrons. The molecular weight excluding hydrogens is 216 g/mol. The zero-order valence-electron chi connectivity index (χ0n) is 7.80. The third-order valence-corrected chi connectivity index (χ3v) is 3.02. The van der Waals surface area contributed by atoms with Gasteiger partial charge < -0.3 is 5.73 Å². The molecule has 0 bridgehead atoms. The predicted octanol–water partition coefficient (Wildman–Crippen LogP) is 0.687. The summed E-state index contributed by atoms with van der Waals surface area (Å²) in [4.78, 5) is 10.4. The molecule has 0 atom stereocenters. The summed E-state index contributed by atoms with van der Waals surface area (Å²) in [6.07, 6.45) is 1.58. The van der Waals surface area contributed by atoms with Crippen molar-refractivity contribution >= 4 is 22.1 Å². The Morgan fingerprint density at radius 1 is 1.33 bits per heavy atom. The fourth-order valence-corrected chi connectivity index (χ4v) is 1.85. The highest BCUT2D eigenvalue weighted by Gasteiger charge is 2.14. The van der Waals surface area contributed by atoms with Gasteiger partial charge in [0.05, 0.1) is 4.90 Å². The van der Waals surface area contributed by atoms with Crippen molar-refractivity contribution in [3.05, 3.63) is 36.4 Å². The van der Waals surface area contributed by atoms with Crippen LogP contribution in [0.25, 0.3) is 6.08 Å². The van der Waals surface area contributed by atoms with Gasteiger partial charge in [-0.2, -0.15) is 0 Å². The minimum absolute atomic E-state index is 0.0214. The Morgan fingerprint density at radius 3 is 2.27 bits per heavy atom. The molecule has 0 unspecified atom stereocenters. The Morgan fingerprint density at radius 2 is 1.87 bits per heavy atom. The Hall–Kier alpha value is -1.82. The molecule has 0 aliphatic rings. The number of carbonyl (C=O) groups excluding carboxylic acids is 1. The molecule has 0 heterocycles. The topological polar surface area (TPSA) is 89.3 Å². The van der Waals surface area contributed by atoms with Gasteiger partial charge in [0.25, 0.3) is 10.0 Å². The first kappa shape index (κ1) is 11.3. The molecule has 0 aliphatic carbocycles. The van der Waals surface area contributed by atoms with Crippen LogP contribution in [-0.4, -0.2) is 14.4 Å². The van der Waals surface area contributed by atoms with Gasteiger partial charge in [-0.05, 0) is 17.7 Å². The number of hydrogen-bond acceptors (Lipinski definition) is 3. The number of nitrogens with two attached hydrogens (primary N) is 1. The molecular formula is C9H10N2O3S. The van der Waals surface area contributed by atoms with E-state index in [1.807, 2.05) is 0 Å². The number of sulfonamides is 1. The Kier molecular flexibility index (Phi) is 3.11. The SMILES string of the molecule is C=Cc1ccc(S(=O)(=O)NC(N)=O)cc1. The van der Waals surface area contributed by atoms with Crippen LogP contribution in [-0.2, 0) is 10.0 Å². The van der Waals surface area contributed by atoms with E-state index in [0.717, 1.165) is 5.56 Å². The molecule has 3 N–H and O–H groups in total. The predicted molar refractivity (Wildman–Crippen MR) is 56.4 cm³/mol. The fourth-order valence-electron chi connectivity index (χ4n) is 0.974. The number of rotatable bonds is 3. The number of primary amides is 1. The van der Waals surface area contributed by atoms with E-state index < -0.39 is 16.1 Å². The molecule has 6 heteroatoms. The second kappa shape index (κ2) is 4.14. The van der Waals surface area contributed by atoms with Crippen molar-refractivity contribution in [2.45, 2.75) is 4.90 Å². The van der Waals surface area contributed by atoms with Crippen molar-refractivity contribution in [1.29, 1.82) is 0 Å². The van der Waals surface area contributed by atoms with Gasteiger partial charge in [0.1, 0.15) is 0 Å². The molecule has 1 aromatic rings. The lowest BCUT2D eigenvalue weighted by molar-refractivity contribution is 0.253. The molecule has 0 aliphatic heterocycles. The van der Waals surface area contributed by atoms with Gasteiger partial charge in [0, 0.05) is 0 Å². The molecule has 0 saturated heterocycles. The number of urea groups is 1. The van der Waals surface area contributed by atoms with Crippen molar-refractivity contribution in [3.8, 4) is 0 Å². The van der Waals surface area contributed by atoms with Crippen molar-refractivity contribution < 1.29 is 13.2 Å². The van der Waals surface area contributed by atoms with Crippen LogP contribution in [0.4, 0.5) is 4.79 Å². The van der Waals surface area contributed by atoms with Gasteiger partial charge in [-0.1, -0.05) is 24.8 Å². The lowest BCUT2D eigenvalue weighted by Gasteiger charge is -2.03.